The fourth-order valence-corrected chi connectivity index (χ4v) is 1.89. The van der Waals surface area contributed by atoms with Gasteiger partial charge in [0.05, 0.1) is 5.69 Å². The van der Waals surface area contributed by atoms with E-state index in [1.807, 2.05) is 0 Å². The van der Waals surface area contributed by atoms with E-state index in [4.69, 9.17) is 0 Å². The summed E-state index contributed by atoms with van der Waals surface area (Å²) < 4.78 is 2.23. The predicted molar refractivity (Wildman–Crippen MR) is 50.9 cm³/mol. The van der Waals surface area contributed by atoms with E-state index in [2.05, 4.69) is 26.4 Å². The minimum atomic E-state index is 0.653. The monoisotopic (exact) mass is 178 g/mol. The zero-order valence-electron chi connectivity index (χ0n) is 7.58. The third-order valence-electron chi connectivity index (χ3n) is 2.85. The van der Waals surface area contributed by atoms with E-state index >= 15 is 0 Å². The summed E-state index contributed by atoms with van der Waals surface area (Å²) in [7, 11) is 0. The second-order valence-electron chi connectivity index (χ2n) is 3.82. The van der Waals surface area contributed by atoms with Gasteiger partial charge in [-0.1, -0.05) is 0 Å². The summed E-state index contributed by atoms with van der Waals surface area (Å²) in [4.78, 5) is 4.58. The minimum Gasteiger partial charge on any atom is -0.356 e. The molecule has 1 fully saturated rings. The van der Waals surface area contributed by atoms with Crippen LogP contribution in [0.1, 0.15) is 18.0 Å². The Kier molecular flexibility index (Phi) is 1.55. The number of rotatable bonds is 1. The molecule has 2 aliphatic heterocycles. The third-order valence-corrected chi connectivity index (χ3v) is 2.85. The number of hydrogen-bond donors (Lipinski definition) is 2. The molecule has 2 N–H and O–H groups in total. The highest BCUT2D eigenvalue weighted by molar-refractivity contribution is 5.32. The molecule has 0 atom stereocenters. The maximum absolute atomic E-state index is 4.58. The Balaban J connectivity index is 1.90. The van der Waals surface area contributed by atoms with Crippen molar-refractivity contribution in [1.29, 1.82) is 0 Å². The Morgan fingerprint density at radius 3 is 3.08 bits per heavy atom. The molecule has 2 aliphatic rings. The normalized spacial score (nSPS) is 21.8. The van der Waals surface area contributed by atoms with E-state index in [1.54, 1.807) is 0 Å². The maximum Gasteiger partial charge on any atom is 0.203 e. The molecule has 1 aromatic rings. The maximum atomic E-state index is 4.58. The van der Waals surface area contributed by atoms with E-state index in [9.17, 15) is 0 Å². The van der Waals surface area contributed by atoms with Crippen molar-refractivity contribution in [3.05, 3.63) is 11.9 Å². The van der Waals surface area contributed by atoms with Crippen LogP contribution in [0.15, 0.2) is 6.20 Å². The van der Waals surface area contributed by atoms with Gasteiger partial charge in [0, 0.05) is 38.3 Å². The topological polar surface area (TPSA) is 41.9 Å². The van der Waals surface area contributed by atoms with E-state index in [0.717, 1.165) is 32.1 Å². The average Bonchev–Trinajstić information content (AvgIpc) is 2.43. The first-order chi connectivity index (χ1) is 6.43. The molecular formula is C9H14N4. The summed E-state index contributed by atoms with van der Waals surface area (Å²) in [6.07, 6.45) is 3.42. The smallest absolute Gasteiger partial charge is 0.203 e. The van der Waals surface area contributed by atoms with Crippen LogP contribution in [-0.4, -0.2) is 29.2 Å². The Morgan fingerprint density at radius 2 is 2.38 bits per heavy atom. The van der Waals surface area contributed by atoms with Crippen LogP contribution in [0.2, 0.25) is 0 Å². The molecule has 3 rings (SSSR count). The summed E-state index contributed by atoms with van der Waals surface area (Å²) >= 11 is 0. The predicted octanol–water partition coefficient (Wildman–Crippen LogP) is 0.386. The van der Waals surface area contributed by atoms with Gasteiger partial charge in [-0.25, -0.2) is 4.98 Å². The van der Waals surface area contributed by atoms with Crippen LogP contribution < -0.4 is 10.6 Å². The van der Waals surface area contributed by atoms with Crippen LogP contribution in [0, 0.1) is 0 Å². The van der Waals surface area contributed by atoms with Gasteiger partial charge in [0.1, 0.15) is 0 Å². The van der Waals surface area contributed by atoms with E-state index < -0.39 is 0 Å². The van der Waals surface area contributed by atoms with Gasteiger partial charge in [0.15, 0.2) is 0 Å². The summed E-state index contributed by atoms with van der Waals surface area (Å²) in [5, 5.41) is 6.59. The van der Waals surface area contributed by atoms with Crippen molar-refractivity contribution in [2.45, 2.75) is 18.9 Å². The molecule has 4 nitrogen and oxygen atoms in total. The molecule has 3 heterocycles. The zero-order valence-corrected chi connectivity index (χ0v) is 7.58. The van der Waals surface area contributed by atoms with Crippen LogP contribution >= 0.6 is 0 Å². The molecule has 13 heavy (non-hydrogen) atoms. The second-order valence-corrected chi connectivity index (χ2v) is 3.82. The van der Waals surface area contributed by atoms with Gasteiger partial charge in [-0.3, -0.25) is 0 Å². The standard InChI is InChI=1S/C9H14N4/c1-2-11-9-12-8(6-13(9)3-1)7-4-10-5-7/h6-7,10H,1-5H2,(H,11,12). The Hall–Kier alpha value is -1.03. The molecule has 0 amide bonds. The SMILES string of the molecule is c1c(C2CNC2)nc2n1CCCN2. The summed E-state index contributed by atoms with van der Waals surface area (Å²) in [6.45, 7) is 4.38. The molecule has 0 aromatic carbocycles. The third kappa shape index (κ3) is 1.13. The minimum absolute atomic E-state index is 0.653. The lowest BCUT2D eigenvalue weighted by Crippen LogP contribution is -2.40. The van der Waals surface area contributed by atoms with Crippen LogP contribution in [-0.2, 0) is 6.54 Å². The highest BCUT2D eigenvalue weighted by atomic mass is 15.2. The lowest BCUT2D eigenvalue weighted by Gasteiger charge is -2.24. The highest BCUT2D eigenvalue weighted by Crippen LogP contribution is 2.22. The first-order valence-electron chi connectivity index (χ1n) is 4.95. The van der Waals surface area contributed by atoms with E-state index in [1.165, 1.54) is 12.1 Å². The lowest BCUT2D eigenvalue weighted by atomic mass is 10.0. The van der Waals surface area contributed by atoms with Gasteiger partial charge in [0.25, 0.3) is 0 Å². The molecule has 4 heteroatoms. The molecule has 0 saturated carbocycles. The molecule has 0 radical (unpaired) electrons. The van der Waals surface area contributed by atoms with Crippen molar-refractivity contribution in [3.63, 3.8) is 0 Å². The van der Waals surface area contributed by atoms with Gasteiger partial charge >= 0.3 is 0 Å². The number of anilines is 1. The number of nitrogens with one attached hydrogen (secondary N) is 2. The quantitative estimate of drug-likeness (QED) is 0.653. The number of imidazole rings is 1. The molecular weight excluding hydrogens is 164 g/mol. The summed E-state index contributed by atoms with van der Waals surface area (Å²) in [5.41, 5.74) is 1.25. The average molecular weight is 178 g/mol. The van der Waals surface area contributed by atoms with Crippen molar-refractivity contribution >= 4 is 5.95 Å². The van der Waals surface area contributed by atoms with Crippen molar-refractivity contribution in [3.8, 4) is 0 Å². The van der Waals surface area contributed by atoms with Crippen molar-refractivity contribution < 1.29 is 0 Å². The Labute approximate surface area is 77.3 Å². The molecule has 0 unspecified atom stereocenters. The van der Waals surface area contributed by atoms with Crippen LogP contribution in [0.5, 0.6) is 0 Å². The summed E-state index contributed by atoms with van der Waals surface area (Å²) in [6, 6.07) is 0. The zero-order chi connectivity index (χ0) is 8.67. The summed E-state index contributed by atoms with van der Waals surface area (Å²) in [5.74, 6) is 1.72. The van der Waals surface area contributed by atoms with Gasteiger partial charge in [-0.2, -0.15) is 0 Å². The van der Waals surface area contributed by atoms with Crippen LogP contribution in [0.4, 0.5) is 5.95 Å². The van der Waals surface area contributed by atoms with Crippen LogP contribution in [0.3, 0.4) is 0 Å². The first kappa shape index (κ1) is 7.38. The number of nitrogens with zero attached hydrogens (tertiary/aromatic N) is 2. The van der Waals surface area contributed by atoms with E-state index in [0.29, 0.717) is 5.92 Å². The molecule has 0 bridgehead atoms. The number of hydrogen-bond acceptors (Lipinski definition) is 3. The Bertz CT molecular complexity index is 290. The van der Waals surface area contributed by atoms with Crippen molar-refractivity contribution in [2.24, 2.45) is 0 Å². The fraction of sp³-hybridized carbons (Fsp3) is 0.667. The Morgan fingerprint density at radius 1 is 1.46 bits per heavy atom. The second kappa shape index (κ2) is 2.73. The molecule has 0 aliphatic carbocycles. The van der Waals surface area contributed by atoms with Gasteiger partial charge in [0.2, 0.25) is 5.95 Å². The van der Waals surface area contributed by atoms with E-state index in [-0.39, 0.29) is 0 Å². The van der Waals surface area contributed by atoms with Crippen molar-refractivity contribution in [1.82, 2.24) is 14.9 Å². The largest absolute Gasteiger partial charge is 0.356 e. The fourth-order valence-electron chi connectivity index (χ4n) is 1.89. The molecule has 0 spiro atoms. The van der Waals surface area contributed by atoms with Gasteiger partial charge < -0.3 is 15.2 Å². The number of fused-ring (bicyclic) bond motifs is 1. The number of aromatic nitrogens is 2. The van der Waals surface area contributed by atoms with Crippen molar-refractivity contribution in [2.75, 3.05) is 25.0 Å². The van der Waals surface area contributed by atoms with Gasteiger partial charge in [-0.05, 0) is 6.42 Å². The molecule has 1 aromatic heterocycles. The number of aryl methyl sites for hydroxylation is 1. The molecule has 1 saturated heterocycles. The first-order valence-corrected chi connectivity index (χ1v) is 4.95. The van der Waals surface area contributed by atoms with Crippen LogP contribution in [0.25, 0.3) is 0 Å². The lowest BCUT2D eigenvalue weighted by molar-refractivity contribution is 0.441. The van der Waals surface area contributed by atoms with Gasteiger partial charge in [-0.15, -0.1) is 0 Å². The molecule has 70 valence electrons. The highest BCUT2D eigenvalue weighted by Gasteiger charge is 2.23.